The molecule has 0 aliphatic rings. The Hall–Kier alpha value is -3.06. The fourth-order valence-corrected chi connectivity index (χ4v) is 2.54. The molecular weight excluding hydrogens is 559 g/mol. The summed E-state index contributed by atoms with van der Waals surface area (Å²) in [5.74, 6) is -0.0625. The second-order valence-corrected chi connectivity index (χ2v) is 6.25. The molecule has 6 heteroatoms. The van der Waals surface area contributed by atoms with Crippen molar-refractivity contribution < 1.29 is 36.1 Å². The van der Waals surface area contributed by atoms with Gasteiger partial charge in [0.15, 0.2) is 5.78 Å². The normalized spacial score (nSPS) is 10.1. The Bertz CT molecular complexity index is 1050. The van der Waals surface area contributed by atoms with Gasteiger partial charge < -0.3 is 10.2 Å². The van der Waals surface area contributed by atoms with E-state index in [9.17, 15) is 9.90 Å². The number of allylic oxidation sites excluding steroid dienone is 2. The van der Waals surface area contributed by atoms with Crippen LogP contribution in [0.15, 0.2) is 72.6 Å². The molecule has 156 valence electrons. The van der Waals surface area contributed by atoms with Crippen molar-refractivity contribution in [3.63, 3.8) is 0 Å². The molecule has 0 amide bonds. The molecule has 3 aromatic rings. The number of pyridine rings is 1. The van der Waals surface area contributed by atoms with E-state index in [4.69, 9.17) is 11.7 Å². The summed E-state index contributed by atoms with van der Waals surface area (Å²) in [6.07, 6.45) is 2.82. The summed E-state index contributed by atoms with van der Waals surface area (Å²) in [5.41, 5.74) is 4.65. The SMILES string of the molecule is CC(=O)/C=C(/C)O.[C-]#[N+]c1cc(-c2ccccc2)[c-]c(-c2cc(CO)ccn2)c1.[Pt]. The molecule has 2 aromatic carbocycles. The third-order valence-corrected chi connectivity index (χ3v) is 3.76. The number of rotatable bonds is 4. The number of carbonyl (C=O) groups is 1. The minimum absolute atomic E-state index is 0. The van der Waals surface area contributed by atoms with Crippen LogP contribution in [0.1, 0.15) is 19.4 Å². The number of nitrogens with zero attached hydrogens (tertiary/aromatic N) is 2. The molecule has 0 radical (unpaired) electrons. The predicted octanol–water partition coefficient (Wildman–Crippen LogP) is 5.29. The molecule has 5 nitrogen and oxygen atoms in total. The van der Waals surface area contributed by atoms with Crippen molar-refractivity contribution >= 4 is 11.5 Å². The maximum atomic E-state index is 10.0. The van der Waals surface area contributed by atoms with Gasteiger partial charge in [0, 0.05) is 39.0 Å². The summed E-state index contributed by atoms with van der Waals surface area (Å²) in [5, 5.41) is 17.6. The monoisotopic (exact) mass is 580 g/mol. The van der Waals surface area contributed by atoms with Gasteiger partial charge in [-0.1, -0.05) is 42.0 Å². The van der Waals surface area contributed by atoms with Gasteiger partial charge in [-0.2, -0.15) is 0 Å². The first-order chi connectivity index (χ1) is 13.9. The molecule has 0 aliphatic heterocycles. The van der Waals surface area contributed by atoms with Crippen molar-refractivity contribution in [1.29, 1.82) is 0 Å². The standard InChI is InChI=1S/C19H13N2O.C5H8O2.Pt/c1-20-18-11-16(15-5-3-2-4-6-15)10-17(12-18)19-9-14(13-22)7-8-21-19;1-4(6)3-5(2)7;/h2-9,11-12,22H,13H2;3,6H,1-2H3;/q-1;;/b;4-3-;. The van der Waals surface area contributed by atoms with E-state index in [0.717, 1.165) is 22.3 Å². The van der Waals surface area contributed by atoms with Crippen molar-refractivity contribution in [2.75, 3.05) is 0 Å². The largest absolute Gasteiger partial charge is 0.512 e. The maximum absolute atomic E-state index is 10.0. The van der Waals surface area contributed by atoms with E-state index in [1.54, 1.807) is 18.3 Å². The molecule has 1 aromatic heterocycles. The van der Waals surface area contributed by atoms with Gasteiger partial charge in [-0.3, -0.25) is 14.6 Å². The second-order valence-electron chi connectivity index (χ2n) is 6.25. The van der Waals surface area contributed by atoms with E-state index in [1.165, 1.54) is 19.9 Å². The van der Waals surface area contributed by atoms with Crippen LogP contribution in [0.5, 0.6) is 0 Å². The van der Waals surface area contributed by atoms with Crippen LogP contribution in [0.4, 0.5) is 5.69 Å². The smallest absolute Gasteiger partial charge is 0.155 e. The summed E-state index contributed by atoms with van der Waals surface area (Å²) < 4.78 is 0. The zero-order chi connectivity index (χ0) is 21.2. The molecule has 0 bridgehead atoms. The molecule has 30 heavy (non-hydrogen) atoms. The maximum Gasteiger partial charge on any atom is 0.155 e. The second kappa shape index (κ2) is 12.5. The van der Waals surface area contributed by atoms with Crippen LogP contribution in [0, 0.1) is 12.6 Å². The van der Waals surface area contributed by atoms with Gasteiger partial charge in [0.05, 0.1) is 18.9 Å². The van der Waals surface area contributed by atoms with Crippen LogP contribution in [-0.2, 0) is 32.5 Å². The summed E-state index contributed by atoms with van der Waals surface area (Å²) in [7, 11) is 0. The topological polar surface area (TPSA) is 74.8 Å². The Morgan fingerprint density at radius 3 is 2.33 bits per heavy atom. The molecule has 1 heterocycles. The number of aromatic nitrogens is 1. The first kappa shape index (κ1) is 25.0. The van der Waals surface area contributed by atoms with Gasteiger partial charge >= 0.3 is 0 Å². The van der Waals surface area contributed by atoms with Crippen molar-refractivity contribution in [3.8, 4) is 22.4 Å². The average Bonchev–Trinajstić information content (AvgIpc) is 2.73. The summed E-state index contributed by atoms with van der Waals surface area (Å²) >= 11 is 0. The Kier molecular flexibility index (Phi) is 10.4. The molecule has 3 rings (SSSR count). The molecule has 0 aliphatic carbocycles. The van der Waals surface area contributed by atoms with Crippen LogP contribution in [-0.4, -0.2) is 21.0 Å². The first-order valence-corrected chi connectivity index (χ1v) is 8.87. The number of hydrogen-bond donors (Lipinski definition) is 2. The van der Waals surface area contributed by atoms with E-state index >= 15 is 0 Å². The molecule has 0 saturated heterocycles. The van der Waals surface area contributed by atoms with Crippen molar-refractivity contribution in [1.82, 2.24) is 4.98 Å². The van der Waals surface area contributed by atoms with Gasteiger partial charge in [-0.25, -0.2) is 0 Å². The van der Waals surface area contributed by atoms with Crippen molar-refractivity contribution in [2.45, 2.75) is 20.5 Å². The minimum atomic E-state index is -0.125. The van der Waals surface area contributed by atoms with Crippen molar-refractivity contribution in [3.05, 3.63) is 95.7 Å². The molecule has 0 unspecified atom stereocenters. The van der Waals surface area contributed by atoms with Crippen molar-refractivity contribution in [2.24, 2.45) is 0 Å². The summed E-state index contributed by atoms with van der Waals surface area (Å²) in [6, 6.07) is 20.3. The number of benzene rings is 2. The Balaban J connectivity index is 0.000000489. The number of carbonyl (C=O) groups excluding carboxylic acids is 1. The third kappa shape index (κ3) is 7.75. The Morgan fingerprint density at radius 2 is 1.80 bits per heavy atom. The zero-order valence-corrected chi connectivity index (χ0v) is 18.8. The van der Waals surface area contributed by atoms with Gasteiger partial charge in [-0.05, 0) is 25.5 Å². The fraction of sp³-hybridized carbons (Fsp3) is 0.125. The number of aliphatic hydroxyl groups excluding tert-OH is 2. The van der Waals surface area contributed by atoms with E-state index in [1.807, 2.05) is 42.5 Å². The minimum Gasteiger partial charge on any atom is -0.512 e. The third-order valence-electron chi connectivity index (χ3n) is 3.76. The Morgan fingerprint density at radius 1 is 1.13 bits per heavy atom. The van der Waals surface area contributed by atoms with Gasteiger partial charge in [0.1, 0.15) is 5.69 Å². The van der Waals surface area contributed by atoms with E-state index < -0.39 is 0 Å². The van der Waals surface area contributed by atoms with Crippen LogP contribution in [0.2, 0.25) is 0 Å². The molecule has 0 fully saturated rings. The van der Waals surface area contributed by atoms with E-state index in [0.29, 0.717) is 11.4 Å². The van der Waals surface area contributed by atoms with Crippen LogP contribution in [0.3, 0.4) is 0 Å². The Labute approximate surface area is 190 Å². The van der Waals surface area contributed by atoms with E-state index in [2.05, 4.69) is 15.9 Å². The van der Waals surface area contributed by atoms with Gasteiger partial charge in [0.2, 0.25) is 0 Å². The van der Waals surface area contributed by atoms with E-state index in [-0.39, 0.29) is 39.2 Å². The molecule has 0 saturated carbocycles. The van der Waals surface area contributed by atoms with Gasteiger partial charge in [0.25, 0.3) is 0 Å². The first-order valence-electron chi connectivity index (χ1n) is 8.87. The number of hydrogen-bond acceptors (Lipinski definition) is 4. The number of ketones is 1. The van der Waals surface area contributed by atoms with Crippen LogP contribution >= 0.6 is 0 Å². The summed E-state index contributed by atoms with van der Waals surface area (Å²) in [6.45, 7) is 10.1. The predicted molar refractivity (Wildman–Crippen MR) is 113 cm³/mol. The summed E-state index contributed by atoms with van der Waals surface area (Å²) in [4.78, 5) is 17.9. The molecule has 2 N–H and O–H groups in total. The average molecular weight is 581 g/mol. The number of aliphatic hydroxyl groups is 2. The van der Waals surface area contributed by atoms with Crippen LogP contribution in [0.25, 0.3) is 27.2 Å². The quantitative estimate of drug-likeness (QED) is 0.250. The fourth-order valence-electron chi connectivity index (χ4n) is 2.54. The molecule has 0 atom stereocenters. The van der Waals surface area contributed by atoms with Crippen LogP contribution < -0.4 is 0 Å². The molecular formula is C24H21N2O3Pt-. The van der Waals surface area contributed by atoms with Gasteiger partial charge in [-0.15, -0.1) is 29.3 Å². The molecule has 0 spiro atoms. The zero-order valence-electron chi connectivity index (χ0n) is 16.6.